The molecule has 0 radical (unpaired) electrons. The van der Waals surface area contributed by atoms with Crippen molar-refractivity contribution >= 4 is 47.6 Å². The van der Waals surface area contributed by atoms with E-state index >= 15 is 0 Å². The number of anilines is 1. The first-order chi connectivity index (χ1) is 11.4. The van der Waals surface area contributed by atoms with Crippen LogP contribution in [0.25, 0.3) is 0 Å². The van der Waals surface area contributed by atoms with Crippen LogP contribution in [0, 0.1) is 6.92 Å². The first-order valence-corrected chi connectivity index (χ1v) is 10.7. The molecule has 2 aromatic carbocycles. The van der Waals surface area contributed by atoms with Crippen molar-refractivity contribution in [3.8, 4) is 0 Å². The second-order valence-electron chi connectivity index (χ2n) is 5.80. The predicted molar refractivity (Wildman–Crippen MR) is 104 cm³/mol. The van der Waals surface area contributed by atoms with Crippen molar-refractivity contribution in [1.82, 2.24) is 4.31 Å². The average Bonchev–Trinajstić information content (AvgIpc) is 2.54. The van der Waals surface area contributed by atoms with Gasteiger partial charge in [0.05, 0.1) is 4.90 Å². The molecule has 0 N–H and O–H groups in total. The topological polar surface area (TPSA) is 40.6 Å². The molecule has 0 unspecified atom stereocenters. The summed E-state index contributed by atoms with van der Waals surface area (Å²) >= 11 is 6.71. The van der Waals surface area contributed by atoms with Gasteiger partial charge in [0.1, 0.15) is 0 Å². The quantitative estimate of drug-likeness (QED) is 0.675. The van der Waals surface area contributed by atoms with E-state index in [0.29, 0.717) is 35.5 Å². The normalized spacial score (nSPS) is 16.4. The standard InChI is InChI=1S/C17H18Br2N2O2S/c1-13-3-2-4-15(11-13)20-7-9-21(10-8-20)24(22,23)17-6-5-14(18)12-16(17)19/h2-6,11-12H,7-10H2,1H3. The van der Waals surface area contributed by atoms with Gasteiger partial charge in [-0.15, -0.1) is 0 Å². The molecule has 1 aliphatic heterocycles. The maximum Gasteiger partial charge on any atom is 0.244 e. The average molecular weight is 474 g/mol. The number of rotatable bonds is 3. The summed E-state index contributed by atoms with van der Waals surface area (Å²) in [6.45, 7) is 4.42. The minimum atomic E-state index is -3.48. The van der Waals surface area contributed by atoms with Gasteiger partial charge in [0.25, 0.3) is 0 Å². The summed E-state index contributed by atoms with van der Waals surface area (Å²) in [5.74, 6) is 0. The Hall–Kier alpha value is -0.890. The fourth-order valence-electron chi connectivity index (χ4n) is 2.83. The molecule has 1 heterocycles. The van der Waals surface area contributed by atoms with Gasteiger partial charge >= 0.3 is 0 Å². The lowest BCUT2D eigenvalue weighted by Crippen LogP contribution is -2.48. The summed E-state index contributed by atoms with van der Waals surface area (Å²) in [5, 5.41) is 0. The molecule has 128 valence electrons. The van der Waals surface area contributed by atoms with Crippen LogP contribution in [0.4, 0.5) is 5.69 Å². The second-order valence-corrected chi connectivity index (χ2v) is 9.48. The monoisotopic (exact) mass is 472 g/mol. The molecular formula is C17H18Br2N2O2S. The van der Waals surface area contributed by atoms with Crippen LogP contribution in [0.5, 0.6) is 0 Å². The highest BCUT2D eigenvalue weighted by Crippen LogP contribution is 2.29. The van der Waals surface area contributed by atoms with Crippen LogP contribution in [-0.2, 0) is 10.0 Å². The van der Waals surface area contributed by atoms with Crippen LogP contribution in [0.1, 0.15) is 5.56 Å². The van der Waals surface area contributed by atoms with E-state index in [1.165, 1.54) is 5.56 Å². The molecule has 0 atom stereocenters. The van der Waals surface area contributed by atoms with Crippen molar-refractivity contribution in [3.63, 3.8) is 0 Å². The van der Waals surface area contributed by atoms with Crippen LogP contribution in [0.2, 0.25) is 0 Å². The van der Waals surface area contributed by atoms with Gasteiger partial charge in [-0.2, -0.15) is 4.31 Å². The molecule has 7 heteroatoms. The number of halogens is 2. The molecule has 0 amide bonds. The summed E-state index contributed by atoms with van der Waals surface area (Å²) < 4.78 is 28.7. The van der Waals surface area contributed by atoms with Crippen molar-refractivity contribution in [3.05, 3.63) is 57.0 Å². The highest BCUT2D eigenvalue weighted by atomic mass is 79.9. The molecule has 1 aliphatic rings. The first kappa shape index (κ1) is 17.9. The van der Waals surface area contributed by atoms with Gasteiger partial charge in [0.15, 0.2) is 0 Å². The largest absolute Gasteiger partial charge is 0.369 e. The lowest BCUT2D eigenvalue weighted by Gasteiger charge is -2.35. The third-order valence-electron chi connectivity index (χ3n) is 4.12. The van der Waals surface area contributed by atoms with Crippen molar-refractivity contribution in [1.29, 1.82) is 0 Å². The van der Waals surface area contributed by atoms with Crippen LogP contribution >= 0.6 is 31.9 Å². The summed E-state index contributed by atoms with van der Waals surface area (Å²) in [4.78, 5) is 2.55. The van der Waals surface area contributed by atoms with Gasteiger partial charge in [-0.1, -0.05) is 28.1 Å². The van der Waals surface area contributed by atoms with Crippen molar-refractivity contribution in [2.24, 2.45) is 0 Å². The molecule has 0 bridgehead atoms. The second kappa shape index (κ2) is 7.15. The number of benzene rings is 2. The molecule has 1 saturated heterocycles. The Labute approximate surface area is 159 Å². The smallest absolute Gasteiger partial charge is 0.244 e. The molecule has 0 aliphatic carbocycles. The highest BCUT2D eigenvalue weighted by Gasteiger charge is 2.30. The maximum atomic E-state index is 12.9. The van der Waals surface area contributed by atoms with Crippen molar-refractivity contribution < 1.29 is 8.42 Å². The van der Waals surface area contributed by atoms with Crippen LogP contribution in [0.3, 0.4) is 0 Å². The van der Waals surface area contributed by atoms with E-state index in [9.17, 15) is 8.42 Å². The molecule has 3 rings (SSSR count). The van der Waals surface area contributed by atoms with Crippen LogP contribution in [-0.4, -0.2) is 38.9 Å². The SMILES string of the molecule is Cc1cccc(N2CCN(S(=O)(=O)c3ccc(Br)cc3Br)CC2)c1. The zero-order valence-corrected chi connectivity index (χ0v) is 17.2. The van der Waals surface area contributed by atoms with E-state index in [-0.39, 0.29) is 0 Å². The van der Waals surface area contributed by atoms with Crippen molar-refractivity contribution in [2.75, 3.05) is 31.1 Å². The van der Waals surface area contributed by atoms with Crippen molar-refractivity contribution in [2.45, 2.75) is 11.8 Å². The Kier molecular flexibility index (Phi) is 5.34. The van der Waals surface area contributed by atoms with E-state index in [4.69, 9.17) is 0 Å². The van der Waals surface area contributed by atoms with Crippen LogP contribution in [0.15, 0.2) is 56.3 Å². The minimum Gasteiger partial charge on any atom is -0.369 e. The van der Waals surface area contributed by atoms with Gasteiger partial charge in [-0.05, 0) is 58.7 Å². The first-order valence-electron chi connectivity index (χ1n) is 7.65. The summed E-state index contributed by atoms with van der Waals surface area (Å²) in [6.07, 6.45) is 0. The van der Waals surface area contributed by atoms with Gasteiger partial charge in [0.2, 0.25) is 10.0 Å². The summed E-state index contributed by atoms with van der Waals surface area (Å²) in [7, 11) is -3.48. The van der Waals surface area contributed by atoms with E-state index in [0.717, 1.165) is 10.2 Å². The summed E-state index contributed by atoms with van der Waals surface area (Å²) in [5.41, 5.74) is 2.36. The maximum absolute atomic E-state index is 12.9. The fourth-order valence-corrected chi connectivity index (χ4v) is 5.96. The Morgan fingerprint density at radius 1 is 0.958 bits per heavy atom. The molecular weight excluding hydrogens is 456 g/mol. The molecule has 0 saturated carbocycles. The third-order valence-corrected chi connectivity index (χ3v) is 7.49. The Bertz CT molecular complexity index is 847. The number of aryl methyl sites for hydroxylation is 1. The summed E-state index contributed by atoms with van der Waals surface area (Å²) in [6, 6.07) is 13.5. The number of sulfonamides is 1. The van der Waals surface area contributed by atoms with E-state index in [1.807, 2.05) is 6.07 Å². The molecule has 1 fully saturated rings. The van der Waals surface area contributed by atoms with Gasteiger partial charge in [0, 0.05) is 40.8 Å². The van der Waals surface area contributed by atoms with Gasteiger partial charge in [-0.25, -0.2) is 8.42 Å². The Morgan fingerprint density at radius 2 is 1.67 bits per heavy atom. The minimum absolute atomic E-state index is 0.315. The number of hydrogen-bond acceptors (Lipinski definition) is 3. The lowest BCUT2D eigenvalue weighted by molar-refractivity contribution is 0.384. The fraction of sp³-hybridized carbons (Fsp3) is 0.294. The van der Waals surface area contributed by atoms with Gasteiger partial charge in [-0.3, -0.25) is 0 Å². The number of hydrogen-bond donors (Lipinski definition) is 0. The predicted octanol–water partition coefficient (Wildman–Crippen LogP) is 4.03. The third kappa shape index (κ3) is 3.69. The Morgan fingerprint density at radius 3 is 2.29 bits per heavy atom. The zero-order valence-electron chi connectivity index (χ0n) is 13.2. The zero-order chi connectivity index (χ0) is 17.3. The molecule has 4 nitrogen and oxygen atoms in total. The highest BCUT2D eigenvalue weighted by molar-refractivity contribution is 9.11. The van der Waals surface area contributed by atoms with E-state index in [2.05, 4.69) is 61.9 Å². The lowest BCUT2D eigenvalue weighted by atomic mass is 10.2. The molecule has 24 heavy (non-hydrogen) atoms. The van der Waals surface area contributed by atoms with E-state index < -0.39 is 10.0 Å². The molecule has 0 aromatic heterocycles. The van der Waals surface area contributed by atoms with Gasteiger partial charge < -0.3 is 4.90 Å². The van der Waals surface area contributed by atoms with Crippen LogP contribution < -0.4 is 4.90 Å². The molecule has 0 spiro atoms. The molecule has 2 aromatic rings. The Balaban J connectivity index is 1.76. The number of nitrogens with zero attached hydrogens (tertiary/aromatic N) is 2. The number of piperazine rings is 1. The van der Waals surface area contributed by atoms with E-state index in [1.54, 1.807) is 22.5 Å².